The van der Waals surface area contributed by atoms with Gasteiger partial charge in [-0.3, -0.25) is 4.90 Å². The highest BCUT2D eigenvalue weighted by Gasteiger charge is 2.33. The SMILES string of the molecule is COc1ccc(OCC(O)CN(Cc2c(F)cccc2Cl)C2CCS(=O)(=O)C2)cc1. The summed E-state index contributed by atoms with van der Waals surface area (Å²) in [4.78, 5) is 1.77. The molecular weight excluding hydrogens is 433 g/mol. The summed E-state index contributed by atoms with van der Waals surface area (Å²) in [5.41, 5.74) is 0.284. The highest BCUT2D eigenvalue weighted by molar-refractivity contribution is 7.91. The third-order valence-electron chi connectivity index (χ3n) is 5.09. The van der Waals surface area contributed by atoms with Crippen molar-refractivity contribution in [2.75, 3.05) is 31.8 Å². The Balaban J connectivity index is 1.68. The van der Waals surface area contributed by atoms with Crippen LogP contribution in [-0.2, 0) is 16.4 Å². The lowest BCUT2D eigenvalue weighted by atomic mass is 10.1. The number of sulfone groups is 1. The Labute approximate surface area is 181 Å². The minimum atomic E-state index is -3.14. The van der Waals surface area contributed by atoms with Gasteiger partial charge in [-0.05, 0) is 42.8 Å². The van der Waals surface area contributed by atoms with Crippen LogP contribution in [-0.4, -0.2) is 62.3 Å². The van der Waals surface area contributed by atoms with Crippen LogP contribution in [0.2, 0.25) is 5.02 Å². The molecule has 1 N–H and O–H groups in total. The van der Waals surface area contributed by atoms with Crippen molar-refractivity contribution in [1.29, 1.82) is 0 Å². The van der Waals surface area contributed by atoms with E-state index in [0.29, 0.717) is 17.9 Å². The van der Waals surface area contributed by atoms with E-state index in [4.69, 9.17) is 21.1 Å². The van der Waals surface area contributed by atoms with Gasteiger partial charge in [0.1, 0.15) is 30.0 Å². The summed E-state index contributed by atoms with van der Waals surface area (Å²) >= 11 is 6.16. The van der Waals surface area contributed by atoms with Crippen molar-refractivity contribution < 1.29 is 27.4 Å². The third-order valence-corrected chi connectivity index (χ3v) is 7.20. The average molecular weight is 458 g/mol. The molecule has 1 heterocycles. The van der Waals surface area contributed by atoms with E-state index in [-0.39, 0.29) is 47.8 Å². The monoisotopic (exact) mass is 457 g/mol. The van der Waals surface area contributed by atoms with E-state index in [1.807, 2.05) is 0 Å². The van der Waals surface area contributed by atoms with Crippen LogP contribution < -0.4 is 9.47 Å². The van der Waals surface area contributed by atoms with E-state index in [2.05, 4.69) is 0 Å². The lowest BCUT2D eigenvalue weighted by Crippen LogP contribution is -2.42. The van der Waals surface area contributed by atoms with Crippen LogP contribution in [0.3, 0.4) is 0 Å². The fraction of sp³-hybridized carbons (Fsp3) is 0.429. The maximum atomic E-state index is 14.3. The Morgan fingerprint density at radius 1 is 1.23 bits per heavy atom. The number of nitrogens with zero attached hydrogens (tertiary/aromatic N) is 1. The molecule has 0 aliphatic carbocycles. The average Bonchev–Trinajstić information content (AvgIpc) is 3.08. The Bertz CT molecular complexity index is 934. The van der Waals surface area contributed by atoms with Crippen molar-refractivity contribution in [3.8, 4) is 11.5 Å². The van der Waals surface area contributed by atoms with Crippen LogP contribution in [0, 0.1) is 5.82 Å². The normalized spacial score (nSPS) is 19.0. The number of hydrogen-bond acceptors (Lipinski definition) is 6. The molecule has 9 heteroatoms. The summed E-state index contributed by atoms with van der Waals surface area (Å²) < 4.78 is 48.9. The predicted molar refractivity (Wildman–Crippen MR) is 113 cm³/mol. The predicted octanol–water partition coefficient (Wildman–Crippen LogP) is 2.92. The van der Waals surface area contributed by atoms with Gasteiger partial charge in [-0.2, -0.15) is 0 Å². The molecule has 0 amide bonds. The molecule has 2 unspecified atom stereocenters. The molecule has 3 rings (SSSR count). The molecule has 1 saturated heterocycles. The molecule has 6 nitrogen and oxygen atoms in total. The summed E-state index contributed by atoms with van der Waals surface area (Å²) in [6, 6.07) is 11.1. The number of hydrogen-bond donors (Lipinski definition) is 1. The first-order valence-corrected chi connectivity index (χ1v) is 11.8. The van der Waals surface area contributed by atoms with Gasteiger partial charge in [0, 0.05) is 29.7 Å². The zero-order valence-corrected chi connectivity index (χ0v) is 18.2. The Kier molecular flexibility index (Phi) is 7.57. The Morgan fingerprint density at radius 2 is 1.93 bits per heavy atom. The van der Waals surface area contributed by atoms with E-state index in [1.165, 1.54) is 12.1 Å². The van der Waals surface area contributed by atoms with Gasteiger partial charge in [-0.25, -0.2) is 12.8 Å². The second kappa shape index (κ2) is 9.96. The molecule has 30 heavy (non-hydrogen) atoms. The molecule has 0 aromatic heterocycles. The quantitative estimate of drug-likeness (QED) is 0.624. The van der Waals surface area contributed by atoms with Gasteiger partial charge in [0.05, 0.1) is 18.6 Å². The number of halogens is 2. The number of methoxy groups -OCH3 is 1. The third kappa shape index (κ3) is 6.07. The summed E-state index contributed by atoms with van der Waals surface area (Å²) in [6.45, 7) is 0.236. The molecule has 0 saturated carbocycles. The summed E-state index contributed by atoms with van der Waals surface area (Å²) in [5.74, 6) is 0.862. The van der Waals surface area contributed by atoms with Gasteiger partial charge < -0.3 is 14.6 Å². The van der Waals surface area contributed by atoms with Gasteiger partial charge in [-0.1, -0.05) is 17.7 Å². The molecule has 1 aliphatic heterocycles. The molecule has 1 aliphatic rings. The zero-order valence-electron chi connectivity index (χ0n) is 16.6. The molecule has 164 valence electrons. The van der Waals surface area contributed by atoms with Gasteiger partial charge in [0.2, 0.25) is 0 Å². The first kappa shape index (κ1) is 22.8. The minimum absolute atomic E-state index is 0.00724. The highest BCUT2D eigenvalue weighted by atomic mass is 35.5. The smallest absolute Gasteiger partial charge is 0.151 e. The van der Waals surface area contributed by atoms with Crippen LogP contribution in [0.5, 0.6) is 11.5 Å². The van der Waals surface area contributed by atoms with Crippen molar-refractivity contribution >= 4 is 21.4 Å². The van der Waals surface area contributed by atoms with Gasteiger partial charge in [0.25, 0.3) is 0 Å². The zero-order chi connectivity index (χ0) is 21.7. The maximum Gasteiger partial charge on any atom is 0.151 e. The number of benzene rings is 2. The van der Waals surface area contributed by atoms with E-state index in [0.717, 1.165) is 0 Å². The van der Waals surface area contributed by atoms with Gasteiger partial charge >= 0.3 is 0 Å². The standard InChI is InChI=1S/C21H25ClFNO5S/c1-28-17-5-7-18(8-6-17)29-13-16(25)11-24(15-9-10-30(26,27)14-15)12-19-20(22)3-2-4-21(19)23/h2-8,15-16,25H,9-14H2,1H3. The largest absolute Gasteiger partial charge is 0.497 e. The van der Waals surface area contributed by atoms with Crippen LogP contribution in [0.15, 0.2) is 42.5 Å². The fourth-order valence-electron chi connectivity index (χ4n) is 3.48. The molecule has 0 spiro atoms. The summed E-state index contributed by atoms with van der Waals surface area (Å²) in [5, 5.41) is 10.8. The van der Waals surface area contributed by atoms with Crippen molar-refractivity contribution in [1.82, 2.24) is 4.90 Å². The molecule has 2 aromatic rings. The Morgan fingerprint density at radius 3 is 2.53 bits per heavy atom. The summed E-state index contributed by atoms with van der Waals surface area (Å²) in [7, 11) is -1.58. The van der Waals surface area contributed by atoms with Crippen LogP contribution in [0.4, 0.5) is 4.39 Å². The van der Waals surface area contributed by atoms with Crippen molar-refractivity contribution in [3.05, 3.63) is 58.9 Å². The highest BCUT2D eigenvalue weighted by Crippen LogP contribution is 2.25. The van der Waals surface area contributed by atoms with Crippen LogP contribution in [0.25, 0.3) is 0 Å². The van der Waals surface area contributed by atoms with Crippen molar-refractivity contribution in [2.24, 2.45) is 0 Å². The molecule has 0 bridgehead atoms. The number of aliphatic hydroxyl groups excluding tert-OH is 1. The van der Waals surface area contributed by atoms with Crippen molar-refractivity contribution in [2.45, 2.75) is 25.1 Å². The summed E-state index contributed by atoms with van der Waals surface area (Å²) in [6.07, 6.45) is -0.471. The van der Waals surface area contributed by atoms with E-state index < -0.39 is 21.8 Å². The molecule has 1 fully saturated rings. The van der Waals surface area contributed by atoms with Crippen LogP contribution in [0.1, 0.15) is 12.0 Å². The van der Waals surface area contributed by atoms with E-state index in [9.17, 15) is 17.9 Å². The molecular formula is C21H25ClFNO5S. The second-order valence-electron chi connectivity index (χ2n) is 7.33. The maximum absolute atomic E-state index is 14.3. The molecule has 0 radical (unpaired) electrons. The number of ether oxygens (including phenoxy) is 2. The lowest BCUT2D eigenvalue weighted by Gasteiger charge is -2.30. The van der Waals surface area contributed by atoms with Gasteiger partial charge in [0.15, 0.2) is 9.84 Å². The minimum Gasteiger partial charge on any atom is -0.497 e. The van der Waals surface area contributed by atoms with Crippen LogP contribution >= 0.6 is 11.6 Å². The van der Waals surface area contributed by atoms with Crippen molar-refractivity contribution in [3.63, 3.8) is 0 Å². The molecule has 2 aromatic carbocycles. The Hall–Kier alpha value is -1.87. The van der Waals surface area contributed by atoms with E-state index in [1.54, 1.807) is 42.3 Å². The first-order chi connectivity index (χ1) is 14.3. The topological polar surface area (TPSA) is 76.1 Å². The molecule has 2 atom stereocenters. The second-order valence-corrected chi connectivity index (χ2v) is 9.96. The number of rotatable bonds is 9. The number of aliphatic hydroxyl groups is 1. The first-order valence-electron chi connectivity index (χ1n) is 9.59. The van der Waals surface area contributed by atoms with E-state index >= 15 is 0 Å². The van der Waals surface area contributed by atoms with Gasteiger partial charge in [-0.15, -0.1) is 0 Å². The lowest BCUT2D eigenvalue weighted by molar-refractivity contribution is 0.0520. The fourth-order valence-corrected chi connectivity index (χ4v) is 5.46.